The van der Waals surface area contributed by atoms with E-state index in [1.807, 2.05) is 52.9 Å². The van der Waals surface area contributed by atoms with Gasteiger partial charge in [-0.2, -0.15) is 5.10 Å². The molecule has 3 amide bonds. The van der Waals surface area contributed by atoms with Crippen molar-refractivity contribution in [3.8, 4) is 5.69 Å². The van der Waals surface area contributed by atoms with E-state index in [-0.39, 0.29) is 23.9 Å². The Morgan fingerprint density at radius 2 is 1.77 bits per heavy atom. The predicted molar refractivity (Wildman–Crippen MR) is 113 cm³/mol. The predicted octanol–water partition coefficient (Wildman–Crippen LogP) is 2.71. The minimum atomic E-state index is -0.132. The Balaban J connectivity index is 1.39. The van der Waals surface area contributed by atoms with Gasteiger partial charge in [-0.15, -0.1) is 0 Å². The minimum absolute atomic E-state index is 0.0491. The smallest absolute Gasteiger partial charge is 0.320 e. The van der Waals surface area contributed by atoms with Crippen molar-refractivity contribution in [2.24, 2.45) is 5.92 Å². The Kier molecular flexibility index (Phi) is 6.01. The van der Waals surface area contributed by atoms with Crippen LogP contribution in [-0.2, 0) is 4.79 Å². The van der Waals surface area contributed by atoms with Crippen LogP contribution in [0.4, 0.5) is 4.79 Å². The SMILES string of the molecule is C[C@H](c1ccc(-n2cncn2)cc1)N(C)C(=O)[C@@H]1CCCN(C(=O)N2CCCC2)C1. The van der Waals surface area contributed by atoms with Crippen molar-refractivity contribution in [1.82, 2.24) is 29.5 Å². The van der Waals surface area contributed by atoms with Gasteiger partial charge >= 0.3 is 6.03 Å². The van der Waals surface area contributed by atoms with Gasteiger partial charge in [-0.3, -0.25) is 4.79 Å². The Labute approximate surface area is 177 Å². The fraction of sp³-hybridized carbons (Fsp3) is 0.545. The summed E-state index contributed by atoms with van der Waals surface area (Å²) in [6.45, 7) is 5.00. The summed E-state index contributed by atoms with van der Waals surface area (Å²) in [5, 5.41) is 4.14. The van der Waals surface area contributed by atoms with E-state index in [0.717, 1.165) is 56.6 Å². The quantitative estimate of drug-likeness (QED) is 0.777. The molecule has 0 radical (unpaired) electrons. The Bertz CT molecular complexity index is 860. The molecule has 2 aromatic rings. The summed E-state index contributed by atoms with van der Waals surface area (Å²) in [5.74, 6) is -0.0195. The summed E-state index contributed by atoms with van der Waals surface area (Å²) in [5.41, 5.74) is 2.00. The van der Waals surface area contributed by atoms with Crippen LogP contribution < -0.4 is 0 Å². The normalized spacial score (nSPS) is 20.3. The van der Waals surface area contributed by atoms with Gasteiger partial charge in [0.25, 0.3) is 0 Å². The van der Waals surface area contributed by atoms with E-state index < -0.39 is 0 Å². The third kappa shape index (κ3) is 4.17. The molecule has 2 fully saturated rings. The maximum absolute atomic E-state index is 13.2. The zero-order valence-electron chi connectivity index (χ0n) is 17.8. The highest BCUT2D eigenvalue weighted by molar-refractivity contribution is 5.81. The molecule has 2 aliphatic rings. The molecule has 2 atom stereocenters. The molecule has 0 spiro atoms. The number of nitrogens with zero attached hydrogens (tertiary/aromatic N) is 6. The number of carbonyl (C=O) groups is 2. The van der Waals surface area contributed by atoms with Crippen LogP contribution in [0.15, 0.2) is 36.9 Å². The van der Waals surface area contributed by atoms with Gasteiger partial charge in [0.2, 0.25) is 5.91 Å². The molecule has 0 saturated carbocycles. The van der Waals surface area contributed by atoms with Crippen LogP contribution in [0.1, 0.15) is 44.2 Å². The second-order valence-electron chi connectivity index (χ2n) is 8.32. The first-order valence-electron chi connectivity index (χ1n) is 10.8. The van der Waals surface area contributed by atoms with Crippen molar-refractivity contribution in [3.63, 3.8) is 0 Å². The molecule has 0 bridgehead atoms. The molecule has 1 aromatic carbocycles. The molecule has 1 aromatic heterocycles. The largest absolute Gasteiger partial charge is 0.339 e. The van der Waals surface area contributed by atoms with Crippen molar-refractivity contribution in [3.05, 3.63) is 42.5 Å². The number of piperidine rings is 1. The van der Waals surface area contributed by atoms with Crippen LogP contribution in [0.3, 0.4) is 0 Å². The van der Waals surface area contributed by atoms with Gasteiger partial charge in [-0.25, -0.2) is 14.5 Å². The first-order valence-corrected chi connectivity index (χ1v) is 10.8. The average Bonchev–Trinajstić information content (AvgIpc) is 3.52. The van der Waals surface area contributed by atoms with Gasteiger partial charge in [-0.05, 0) is 50.3 Å². The molecule has 30 heavy (non-hydrogen) atoms. The van der Waals surface area contributed by atoms with Gasteiger partial charge in [0.05, 0.1) is 17.6 Å². The van der Waals surface area contributed by atoms with Gasteiger partial charge < -0.3 is 14.7 Å². The van der Waals surface area contributed by atoms with Crippen molar-refractivity contribution in [2.75, 3.05) is 33.2 Å². The third-order valence-corrected chi connectivity index (χ3v) is 6.41. The van der Waals surface area contributed by atoms with Crippen LogP contribution in [0.5, 0.6) is 0 Å². The van der Waals surface area contributed by atoms with E-state index in [2.05, 4.69) is 10.1 Å². The molecule has 8 nitrogen and oxygen atoms in total. The molecule has 3 heterocycles. The number of benzene rings is 1. The van der Waals surface area contributed by atoms with Crippen LogP contribution in [0.2, 0.25) is 0 Å². The summed E-state index contributed by atoms with van der Waals surface area (Å²) in [4.78, 5) is 35.5. The number of likely N-dealkylation sites (tertiary alicyclic amines) is 2. The summed E-state index contributed by atoms with van der Waals surface area (Å²) in [7, 11) is 1.86. The summed E-state index contributed by atoms with van der Waals surface area (Å²) in [6, 6.07) is 8.06. The standard InChI is InChI=1S/C22H30N6O2/c1-17(18-7-9-20(10-8-18)28-16-23-15-24-28)25(2)21(29)19-6-5-13-27(14-19)22(30)26-11-3-4-12-26/h7-10,15-17,19H,3-6,11-14H2,1-2H3/t17-,19-/m1/s1. The number of amides is 3. The monoisotopic (exact) mass is 410 g/mol. The van der Waals surface area contributed by atoms with Crippen LogP contribution in [-0.4, -0.2) is 74.6 Å². The molecule has 0 aliphatic carbocycles. The summed E-state index contributed by atoms with van der Waals surface area (Å²) in [6.07, 6.45) is 7.04. The van der Waals surface area contributed by atoms with Gasteiger partial charge in [0, 0.05) is 33.2 Å². The second kappa shape index (κ2) is 8.85. The van der Waals surface area contributed by atoms with E-state index in [1.165, 1.54) is 6.33 Å². The number of rotatable bonds is 4. The van der Waals surface area contributed by atoms with Crippen LogP contribution >= 0.6 is 0 Å². The first-order chi connectivity index (χ1) is 14.5. The molecule has 160 valence electrons. The van der Waals surface area contributed by atoms with Crippen molar-refractivity contribution < 1.29 is 9.59 Å². The van der Waals surface area contributed by atoms with Crippen molar-refractivity contribution in [2.45, 2.75) is 38.6 Å². The van der Waals surface area contributed by atoms with E-state index in [1.54, 1.807) is 11.0 Å². The molecular formula is C22H30N6O2. The molecule has 8 heteroatoms. The molecule has 2 aliphatic heterocycles. The third-order valence-electron chi connectivity index (χ3n) is 6.41. The molecule has 2 saturated heterocycles. The zero-order chi connectivity index (χ0) is 21.1. The maximum Gasteiger partial charge on any atom is 0.320 e. The number of hydrogen-bond donors (Lipinski definition) is 0. The molecular weight excluding hydrogens is 380 g/mol. The lowest BCUT2D eigenvalue weighted by Crippen LogP contribution is -2.50. The number of hydrogen-bond acceptors (Lipinski definition) is 4. The zero-order valence-corrected chi connectivity index (χ0v) is 17.8. The summed E-state index contributed by atoms with van der Waals surface area (Å²) >= 11 is 0. The van der Waals surface area contributed by atoms with Gasteiger partial charge in [0.15, 0.2) is 0 Å². The van der Waals surface area contributed by atoms with Gasteiger partial charge in [0.1, 0.15) is 12.7 Å². The Hall–Kier alpha value is -2.90. The van der Waals surface area contributed by atoms with Crippen molar-refractivity contribution in [1.29, 1.82) is 0 Å². The fourth-order valence-electron chi connectivity index (χ4n) is 4.41. The first kappa shape index (κ1) is 20.4. The lowest BCUT2D eigenvalue weighted by atomic mass is 9.95. The number of urea groups is 1. The lowest BCUT2D eigenvalue weighted by Gasteiger charge is -2.37. The highest BCUT2D eigenvalue weighted by atomic mass is 16.2. The summed E-state index contributed by atoms with van der Waals surface area (Å²) < 4.78 is 1.71. The van der Waals surface area contributed by atoms with Crippen LogP contribution in [0.25, 0.3) is 5.69 Å². The number of aromatic nitrogens is 3. The topological polar surface area (TPSA) is 74.6 Å². The number of carbonyl (C=O) groups excluding carboxylic acids is 2. The maximum atomic E-state index is 13.2. The lowest BCUT2D eigenvalue weighted by molar-refractivity contribution is -0.137. The minimum Gasteiger partial charge on any atom is -0.339 e. The van der Waals surface area contributed by atoms with E-state index >= 15 is 0 Å². The van der Waals surface area contributed by atoms with E-state index in [9.17, 15) is 9.59 Å². The average molecular weight is 411 g/mol. The molecule has 4 rings (SSSR count). The van der Waals surface area contributed by atoms with E-state index in [4.69, 9.17) is 0 Å². The molecule has 0 unspecified atom stereocenters. The van der Waals surface area contributed by atoms with E-state index in [0.29, 0.717) is 6.54 Å². The van der Waals surface area contributed by atoms with Crippen molar-refractivity contribution >= 4 is 11.9 Å². The van der Waals surface area contributed by atoms with Gasteiger partial charge in [-0.1, -0.05) is 12.1 Å². The Morgan fingerprint density at radius 1 is 1.07 bits per heavy atom. The highest BCUT2D eigenvalue weighted by Crippen LogP contribution is 2.26. The van der Waals surface area contributed by atoms with Crippen LogP contribution in [0, 0.1) is 5.92 Å². The second-order valence-corrected chi connectivity index (χ2v) is 8.32. The Morgan fingerprint density at radius 3 is 2.43 bits per heavy atom. The fourth-order valence-corrected chi connectivity index (χ4v) is 4.41. The highest BCUT2D eigenvalue weighted by Gasteiger charge is 2.33. The molecule has 0 N–H and O–H groups in total.